The largest absolute Gasteiger partial charge is 0.490 e. The number of para-hydroxylation sites is 1. The van der Waals surface area contributed by atoms with Crippen LogP contribution in [0.3, 0.4) is 0 Å². The van der Waals surface area contributed by atoms with Gasteiger partial charge in [-0.1, -0.05) is 51.3 Å². The summed E-state index contributed by atoms with van der Waals surface area (Å²) < 4.78 is 6.55. The van der Waals surface area contributed by atoms with Gasteiger partial charge in [-0.3, -0.25) is 0 Å². The maximum Gasteiger partial charge on any atom is 0.139 e. The maximum atomic E-state index is 6.04. The van der Waals surface area contributed by atoms with Gasteiger partial charge in [-0.25, -0.2) is 0 Å². The summed E-state index contributed by atoms with van der Waals surface area (Å²) >= 11 is 15.4. The molecule has 0 heterocycles. The van der Waals surface area contributed by atoms with Crippen molar-refractivity contribution in [3.05, 3.63) is 57.0 Å². The molecule has 0 fully saturated rings. The first-order chi connectivity index (χ1) is 9.16. The second-order valence-corrected chi connectivity index (χ2v) is 5.56. The second-order valence-electron chi connectivity index (χ2n) is 3.83. The van der Waals surface area contributed by atoms with E-state index in [-0.39, 0.29) is 0 Å². The Kier molecular flexibility index (Phi) is 5.37. The zero-order chi connectivity index (χ0) is 13.7. The molecule has 2 nitrogen and oxygen atoms in total. The van der Waals surface area contributed by atoms with E-state index in [1.807, 2.05) is 36.4 Å². The molecule has 100 valence electrons. The molecule has 0 saturated heterocycles. The van der Waals surface area contributed by atoms with Crippen LogP contribution in [0.5, 0.6) is 5.75 Å². The number of rotatable bonds is 5. The van der Waals surface area contributed by atoms with Gasteiger partial charge in [-0.15, -0.1) is 0 Å². The molecule has 0 spiro atoms. The fraction of sp³-hybridized carbons (Fsp3) is 0.143. The third-order valence-corrected chi connectivity index (χ3v) is 3.58. The summed E-state index contributed by atoms with van der Waals surface area (Å²) in [7, 11) is 0. The van der Waals surface area contributed by atoms with Crippen LogP contribution in [0, 0.1) is 0 Å². The van der Waals surface area contributed by atoms with Crippen LogP contribution in [-0.4, -0.2) is 13.2 Å². The van der Waals surface area contributed by atoms with Crippen molar-refractivity contribution in [1.82, 2.24) is 0 Å². The Labute approximate surface area is 130 Å². The van der Waals surface area contributed by atoms with E-state index in [9.17, 15) is 0 Å². The lowest BCUT2D eigenvalue weighted by molar-refractivity contribution is 0.333. The van der Waals surface area contributed by atoms with E-state index in [1.54, 1.807) is 6.07 Å². The Balaban J connectivity index is 1.84. The van der Waals surface area contributed by atoms with Crippen molar-refractivity contribution in [2.45, 2.75) is 0 Å². The van der Waals surface area contributed by atoms with Gasteiger partial charge in [0, 0.05) is 11.0 Å². The summed E-state index contributed by atoms with van der Waals surface area (Å²) in [4.78, 5) is 0. The average molecular weight is 361 g/mol. The summed E-state index contributed by atoms with van der Waals surface area (Å²) in [5.74, 6) is 0.664. The molecule has 2 aromatic carbocycles. The minimum absolute atomic E-state index is 0.501. The lowest BCUT2D eigenvalue weighted by atomic mass is 10.3. The number of hydrogen-bond donors (Lipinski definition) is 1. The third kappa shape index (κ3) is 4.30. The summed E-state index contributed by atoms with van der Waals surface area (Å²) in [6, 6.07) is 13.1. The van der Waals surface area contributed by atoms with Gasteiger partial charge in [0.15, 0.2) is 0 Å². The van der Waals surface area contributed by atoms with E-state index in [2.05, 4.69) is 21.2 Å². The van der Waals surface area contributed by atoms with E-state index in [0.29, 0.717) is 28.9 Å². The highest BCUT2D eigenvalue weighted by molar-refractivity contribution is 9.10. The lowest BCUT2D eigenvalue weighted by Gasteiger charge is -2.11. The lowest BCUT2D eigenvalue weighted by Crippen LogP contribution is -2.11. The van der Waals surface area contributed by atoms with E-state index in [1.165, 1.54) is 0 Å². The van der Waals surface area contributed by atoms with Gasteiger partial charge in [0.25, 0.3) is 0 Å². The van der Waals surface area contributed by atoms with Gasteiger partial charge in [0.05, 0.1) is 15.7 Å². The van der Waals surface area contributed by atoms with E-state index in [0.717, 1.165) is 10.2 Å². The third-order valence-electron chi connectivity index (χ3n) is 2.44. The van der Waals surface area contributed by atoms with Crippen LogP contribution in [0.2, 0.25) is 10.0 Å². The molecule has 19 heavy (non-hydrogen) atoms. The molecule has 2 rings (SSSR count). The molecule has 0 unspecified atom stereocenters. The van der Waals surface area contributed by atoms with Gasteiger partial charge in [-0.05, 0) is 30.3 Å². The molecule has 0 amide bonds. The molecular formula is C14H12BrCl2NO. The zero-order valence-corrected chi connectivity index (χ0v) is 13.1. The molecule has 0 bridgehead atoms. The first-order valence-electron chi connectivity index (χ1n) is 5.73. The molecular weight excluding hydrogens is 349 g/mol. The smallest absolute Gasteiger partial charge is 0.139 e. The number of nitrogens with one attached hydrogen (secondary N) is 1. The van der Waals surface area contributed by atoms with E-state index in [4.69, 9.17) is 27.9 Å². The monoisotopic (exact) mass is 359 g/mol. The minimum atomic E-state index is 0.501. The van der Waals surface area contributed by atoms with E-state index < -0.39 is 0 Å². The molecule has 0 aliphatic carbocycles. The van der Waals surface area contributed by atoms with Crippen LogP contribution in [0.4, 0.5) is 5.69 Å². The number of benzene rings is 2. The predicted molar refractivity (Wildman–Crippen MR) is 84.6 cm³/mol. The zero-order valence-electron chi connectivity index (χ0n) is 10.00. The first kappa shape index (κ1) is 14.5. The fourth-order valence-electron chi connectivity index (χ4n) is 1.54. The first-order valence-corrected chi connectivity index (χ1v) is 7.28. The highest BCUT2D eigenvalue weighted by Gasteiger charge is 2.02. The molecule has 1 N–H and O–H groups in total. The molecule has 2 aromatic rings. The van der Waals surface area contributed by atoms with Crippen molar-refractivity contribution in [1.29, 1.82) is 0 Å². The Bertz CT molecular complexity index is 563. The van der Waals surface area contributed by atoms with Crippen molar-refractivity contribution in [2.75, 3.05) is 18.5 Å². The van der Waals surface area contributed by atoms with Crippen molar-refractivity contribution >= 4 is 44.8 Å². The van der Waals surface area contributed by atoms with Crippen LogP contribution in [0.25, 0.3) is 0 Å². The van der Waals surface area contributed by atoms with Crippen LogP contribution < -0.4 is 10.1 Å². The van der Waals surface area contributed by atoms with Gasteiger partial charge in [-0.2, -0.15) is 0 Å². The van der Waals surface area contributed by atoms with E-state index >= 15 is 0 Å². The second kappa shape index (κ2) is 7.04. The van der Waals surface area contributed by atoms with Crippen LogP contribution in [-0.2, 0) is 0 Å². The number of halogens is 3. The highest BCUT2D eigenvalue weighted by Crippen LogP contribution is 2.27. The quantitative estimate of drug-likeness (QED) is 0.735. The van der Waals surface area contributed by atoms with Gasteiger partial charge >= 0.3 is 0 Å². The van der Waals surface area contributed by atoms with Crippen molar-refractivity contribution in [3.63, 3.8) is 0 Å². The average Bonchev–Trinajstić information content (AvgIpc) is 2.40. The molecule has 0 aliphatic rings. The highest BCUT2D eigenvalue weighted by atomic mass is 79.9. The molecule has 0 radical (unpaired) electrons. The topological polar surface area (TPSA) is 21.3 Å². The maximum absolute atomic E-state index is 6.04. The summed E-state index contributed by atoms with van der Waals surface area (Å²) in [6.45, 7) is 1.15. The fourth-order valence-corrected chi connectivity index (χ4v) is 2.25. The molecule has 0 atom stereocenters. The Hall–Kier alpha value is -0.900. The van der Waals surface area contributed by atoms with Crippen molar-refractivity contribution < 1.29 is 4.74 Å². The molecule has 0 aromatic heterocycles. The summed E-state index contributed by atoms with van der Waals surface area (Å²) in [6.07, 6.45) is 0. The number of hydrogen-bond acceptors (Lipinski definition) is 2. The van der Waals surface area contributed by atoms with Crippen molar-refractivity contribution in [2.24, 2.45) is 0 Å². The molecule has 5 heteroatoms. The SMILES string of the molecule is Clc1ccccc1NCCOc1cc(Br)ccc1Cl. The Morgan fingerprint density at radius 1 is 1.05 bits per heavy atom. The van der Waals surface area contributed by atoms with Crippen LogP contribution in [0.1, 0.15) is 0 Å². The Morgan fingerprint density at radius 3 is 2.63 bits per heavy atom. The predicted octanol–water partition coefficient (Wildman–Crippen LogP) is 5.25. The summed E-state index contributed by atoms with van der Waals surface area (Å²) in [5, 5.41) is 4.50. The summed E-state index contributed by atoms with van der Waals surface area (Å²) in [5.41, 5.74) is 0.896. The molecule has 0 saturated carbocycles. The van der Waals surface area contributed by atoms with Crippen LogP contribution >= 0.6 is 39.1 Å². The number of ether oxygens (including phenoxy) is 1. The molecule has 0 aliphatic heterocycles. The van der Waals surface area contributed by atoms with Gasteiger partial charge in [0.1, 0.15) is 12.4 Å². The minimum Gasteiger partial charge on any atom is -0.490 e. The Morgan fingerprint density at radius 2 is 1.84 bits per heavy atom. The van der Waals surface area contributed by atoms with Gasteiger partial charge in [0.2, 0.25) is 0 Å². The normalized spacial score (nSPS) is 10.3. The van der Waals surface area contributed by atoms with Crippen LogP contribution in [0.15, 0.2) is 46.9 Å². The number of anilines is 1. The van der Waals surface area contributed by atoms with Gasteiger partial charge < -0.3 is 10.1 Å². The van der Waals surface area contributed by atoms with Crippen molar-refractivity contribution in [3.8, 4) is 5.75 Å². The standard InChI is InChI=1S/C14H12BrCl2NO/c15-10-5-6-12(17)14(9-10)19-8-7-18-13-4-2-1-3-11(13)16/h1-6,9,18H,7-8H2.